The van der Waals surface area contributed by atoms with Gasteiger partial charge in [0.1, 0.15) is 5.75 Å². The van der Waals surface area contributed by atoms with Crippen molar-refractivity contribution in [2.75, 3.05) is 19.8 Å². The third-order valence-electron chi connectivity index (χ3n) is 7.80. The van der Waals surface area contributed by atoms with Crippen LogP contribution in [-0.2, 0) is 29.0 Å². The molecular weight excluding hydrogens is 560 g/mol. The number of aliphatic imine (C=N–C) groups is 1. The van der Waals surface area contributed by atoms with Crippen molar-refractivity contribution in [3.05, 3.63) is 121 Å². The summed E-state index contributed by atoms with van der Waals surface area (Å²) in [5.74, 6) is 1.10. The molecule has 0 spiro atoms. The van der Waals surface area contributed by atoms with Gasteiger partial charge in [-0.1, -0.05) is 58.8 Å². The molecule has 0 aromatic heterocycles. The van der Waals surface area contributed by atoms with Crippen molar-refractivity contribution < 1.29 is 19.4 Å². The molecule has 3 aromatic carbocycles. The van der Waals surface area contributed by atoms with Crippen molar-refractivity contribution in [1.82, 2.24) is 5.32 Å². The average Bonchev–Trinajstić information content (AvgIpc) is 3.81. The zero-order valence-corrected chi connectivity index (χ0v) is 24.2. The Labute approximate surface area is 255 Å². The van der Waals surface area contributed by atoms with Crippen LogP contribution in [0.3, 0.4) is 0 Å². The number of azide groups is 2. The van der Waals surface area contributed by atoms with E-state index in [1.807, 2.05) is 60.7 Å². The number of rotatable bonds is 15. The van der Waals surface area contributed by atoms with Gasteiger partial charge in [-0.15, -0.1) is 0 Å². The lowest BCUT2D eigenvalue weighted by molar-refractivity contribution is -0.129. The number of aliphatic hydroxyl groups excluding tert-OH is 1. The predicted molar refractivity (Wildman–Crippen MR) is 165 cm³/mol. The SMILES string of the molecule is [N-]=[N+]=NCc1ccccc1C[C@@]1(C(=O)NCC2CC2)N=C(c2ccc(OCCCO)cc2)O[C@@H]1c1ccccc1CN=[N+]=[N-]. The number of aliphatic hydroxyl groups is 1. The van der Waals surface area contributed by atoms with Gasteiger partial charge in [-0.3, -0.25) is 4.79 Å². The van der Waals surface area contributed by atoms with Crippen molar-refractivity contribution in [2.45, 2.75) is 50.4 Å². The van der Waals surface area contributed by atoms with E-state index in [2.05, 4.69) is 25.4 Å². The maximum atomic E-state index is 14.4. The molecule has 1 fully saturated rings. The zero-order valence-electron chi connectivity index (χ0n) is 24.2. The summed E-state index contributed by atoms with van der Waals surface area (Å²) in [4.78, 5) is 25.4. The highest BCUT2D eigenvalue weighted by atomic mass is 16.5. The first-order valence-electron chi connectivity index (χ1n) is 14.6. The van der Waals surface area contributed by atoms with Gasteiger partial charge in [0.05, 0.1) is 19.7 Å². The van der Waals surface area contributed by atoms with E-state index in [4.69, 9.17) is 30.6 Å². The first-order chi connectivity index (χ1) is 21.6. The molecule has 0 unspecified atom stereocenters. The van der Waals surface area contributed by atoms with E-state index in [0.29, 0.717) is 48.3 Å². The molecule has 1 aliphatic heterocycles. The van der Waals surface area contributed by atoms with Crippen molar-refractivity contribution >= 4 is 11.8 Å². The van der Waals surface area contributed by atoms with Crippen LogP contribution in [0.2, 0.25) is 0 Å². The minimum absolute atomic E-state index is 0.0438. The smallest absolute Gasteiger partial charge is 0.252 e. The van der Waals surface area contributed by atoms with Crippen molar-refractivity contribution in [3.63, 3.8) is 0 Å². The first-order valence-corrected chi connectivity index (χ1v) is 14.6. The van der Waals surface area contributed by atoms with Gasteiger partial charge >= 0.3 is 0 Å². The number of nitrogens with one attached hydrogen (secondary N) is 1. The molecule has 0 saturated heterocycles. The highest BCUT2D eigenvalue weighted by Crippen LogP contribution is 2.44. The monoisotopic (exact) mass is 594 g/mol. The highest BCUT2D eigenvalue weighted by Gasteiger charge is 2.54. The Morgan fingerprint density at radius 1 is 0.977 bits per heavy atom. The van der Waals surface area contributed by atoms with E-state index >= 15 is 0 Å². The molecule has 1 heterocycles. The standard InChI is InChI=1S/C32H34N8O4/c33-39-36-20-25-7-2-1-6-24(25)18-32(31(42)35-19-22-10-11-22)29(28-9-4-3-8-26(28)21-37-40-34)44-30(38-32)23-12-14-27(15-13-23)43-17-5-16-41/h1-4,6-9,12-15,22,29,41H,5,10-11,16-21H2,(H,35,42)/t29-,32-/m1/s1. The molecule has 44 heavy (non-hydrogen) atoms. The van der Waals surface area contributed by atoms with Crippen LogP contribution in [0.1, 0.15) is 53.2 Å². The molecule has 226 valence electrons. The number of ether oxygens (including phenoxy) is 2. The summed E-state index contributed by atoms with van der Waals surface area (Å²) in [5, 5.41) is 19.8. The van der Waals surface area contributed by atoms with Crippen LogP contribution >= 0.6 is 0 Å². The van der Waals surface area contributed by atoms with Crippen LogP contribution < -0.4 is 10.1 Å². The lowest BCUT2D eigenvalue weighted by Gasteiger charge is -2.32. The Hall–Kier alpha value is -5.02. The molecule has 12 nitrogen and oxygen atoms in total. The summed E-state index contributed by atoms with van der Waals surface area (Å²) < 4.78 is 12.3. The van der Waals surface area contributed by atoms with Gasteiger partial charge in [-0.2, -0.15) is 0 Å². The second-order valence-corrected chi connectivity index (χ2v) is 10.9. The molecule has 0 bridgehead atoms. The van der Waals surface area contributed by atoms with Gasteiger partial charge < -0.3 is 19.9 Å². The van der Waals surface area contributed by atoms with Gasteiger partial charge in [0, 0.05) is 41.4 Å². The summed E-state index contributed by atoms with van der Waals surface area (Å²) in [6, 6.07) is 22.2. The number of carbonyl (C=O) groups excluding carboxylic acids is 1. The Bertz CT molecular complexity index is 1590. The van der Waals surface area contributed by atoms with Gasteiger partial charge in [0.15, 0.2) is 11.6 Å². The van der Waals surface area contributed by atoms with E-state index in [1.54, 1.807) is 12.1 Å². The third kappa shape index (κ3) is 7.12. The second-order valence-electron chi connectivity index (χ2n) is 10.9. The van der Waals surface area contributed by atoms with Crippen LogP contribution in [0.5, 0.6) is 5.75 Å². The average molecular weight is 595 g/mol. The molecule has 1 amide bonds. The number of carbonyl (C=O) groups is 1. The molecule has 0 radical (unpaired) electrons. The molecule has 1 aliphatic carbocycles. The fraction of sp³-hybridized carbons (Fsp3) is 0.375. The van der Waals surface area contributed by atoms with Crippen LogP contribution in [0.25, 0.3) is 20.9 Å². The van der Waals surface area contributed by atoms with Crippen molar-refractivity contribution in [3.8, 4) is 5.75 Å². The fourth-order valence-electron chi connectivity index (χ4n) is 5.30. The van der Waals surface area contributed by atoms with Crippen molar-refractivity contribution in [1.29, 1.82) is 0 Å². The molecule has 2 atom stereocenters. The molecule has 1 saturated carbocycles. The molecule has 12 heteroatoms. The van der Waals surface area contributed by atoms with E-state index < -0.39 is 11.6 Å². The van der Waals surface area contributed by atoms with Gasteiger partial charge in [-0.05, 0) is 76.3 Å². The van der Waals surface area contributed by atoms with Gasteiger partial charge in [0.25, 0.3) is 5.91 Å². The number of hydrogen-bond donors (Lipinski definition) is 2. The van der Waals surface area contributed by atoms with Crippen LogP contribution in [-0.4, -0.2) is 42.2 Å². The Morgan fingerprint density at radius 3 is 2.32 bits per heavy atom. The predicted octanol–water partition coefficient (Wildman–Crippen LogP) is 6.09. The summed E-state index contributed by atoms with van der Waals surface area (Å²) in [6.07, 6.45) is 1.98. The summed E-state index contributed by atoms with van der Waals surface area (Å²) >= 11 is 0. The molecular formula is C32H34N8O4. The molecule has 2 N–H and O–H groups in total. The number of hydrogen-bond acceptors (Lipinski definition) is 7. The molecule has 3 aromatic rings. The highest BCUT2D eigenvalue weighted by molar-refractivity contribution is 6.01. The van der Waals surface area contributed by atoms with Crippen LogP contribution in [0.4, 0.5) is 0 Å². The number of nitrogens with zero attached hydrogens (tertiary/aromatic N) is 7. The molecule has 5 rings (SSSR count). The fourth-order valence-corrected chi connectivity index (χ4v) is 5.30. The number of benzene rings is 3. The maximum Gasteiger partial charge on any atom is 0.252 e. The second kappa shape index (κ2) is 14.4. The lowest BCUT2D eigenvalue weighted by Crippen LogP contribution is -2.50. The number of amides is 1. The first kappa shape index (κ1) is 30.4. The minimum Gasteiger partial charge on any atom is -0.494 e. The summed E-state index contributed by atoms with van der Waals surface area (Å²) in [7, 11) is 0. The molecule has 2 aliphatic rings. The van der Waals surface area contributed by atoms with Crippen LogP contribution in [0, 0.1) is 5.92 Å². The maximum absolute atomic E-state index is 14.4. The van der Waals surface area contributed by atoms with E-state index in [0.717, 1.165) is 29.5 Å². The van der Waals surface area contributed by atoms with E-state index in [-0.39, 0.29) is 32.0 Å². The summed E-state index contributed by atoms with van der Waals surface area (Å²) in [6.45, 7) is 1.17. The zero-order chi connectivity index (χ0) is 30.8. The lowest BCUT2D eigenvalue weighted by atomic mass is 9.79. The topological polar surface area (TPSA) is 178 Å². The van der Waals surface area contributed by atoms with Crippen molar-refractivity contribution in [2.24, 2.45) is 21.1 Å². The largest absolute Gasteiger partial charge is 0.494 e. The minimum atomic E-state index is -1.43. The van der Waals surface area contributed by atoms with E-state index in [1.165, 1.54) is 0 Å². The Morgan fingerprint density at radius 2 is 1.64 bits per heavy atom. The normalized spacial score (nSPS) is 18.8. The van der Waals surface area contributed by atoms with E-state index in [9.17, 15) is 4.79 Å². The quantitative estimate of drug-likeness (QED) is 0.0936. The Balaban J connectivity index is 1.62. The Kier molecular flexibility index (Phi) is 9.99. The van der Waals surface area contributed by atoms with Crippen LogP contribution in [0.15, 0.2) is 88.0 Å². The van der Waals surface area contributed by atoms with Gasteiger partial charge in [-0.25, -0.2) is 4.99 Å². The summed E-state index contributed by atoms with van der Waals surface area (Å²) in [5.41, 5.74) is 20.3. The van der Waals surface area contributed by atoms with Gasteiger partial charge in [0.2, 0.25) is 5.90 Å². The third-order valence-corrected chi connectivity index (χ3v) is 7.80.